The van der Waals surface area contributed by atoms with Crippen molar-refractivity contribution >= 4 is 17.5 Å². The van der Waals surface area contributed by atoms with Gasteiger partial charge in [0.25, 0.3) is 0 Å². The first-order valence-electron chi connectivity index (χ1n) is 10.8. The zero-order valence-electron chi connectivity index (χ0n) is 18.0. The standard InChI is InChI=1S/C24H28N2O5/c1-3-25(15-17-5-10-21-22(13-17)31-12-11-30-21)24(28)18-14-23(27)26(16-18)19-6-8-20(9-7-19)29-4-2/h5-10,13,18H,3-4,11-12,14-16H2,1-2H3. The highest BCUT2D eigenvalue weighted by molar-refractivity contribution is 6.00. The van der Waals surface area contributed by atoms with E-state index in [1.807, 2.05) is 56.3 Å². The first kappa shape index (κ1) is 21.0. The lowest BCUT2D eigenvalue weighted by Gasteiger charge is -2.25. The highest BCUT2D eigenvalue weighted by atomic mass is 16.6. The van der Waals surface area contributed by atoms with Crippen LogP contribution in [0, 0.1) is 5.92 Å². The van der Waals surface area contributed by atoms with E-state index in [9.17, 15) is 9.59 Å². The lowest BCUT2D eigenvalue weighted by molar-refractivity contribution is -0.136. The SMILES string of the molecule is CCOc1ccc(N2CC(C(=O)N(CC)Cc3ccc4c(c3)OCCO4)CC2=O)cc1. The van der Waals surface area contributed by atoms with Gasteiger partial charge in [-0.25, -0.2) is 0 Å². The monoisotopic (exact) mass is 424 g/mol. The van der Waals surface area contributed by atoms with Crippen molar-refractivity contribution in [1.29, 1.82) is 0 Å². The fourth-order valence-corrected chi connectivity index (χ4v) is 4.02. The number of fused-ring (bicyclic) bond motifs is 1. The highest BCUT2D eigenvalue weighted by Gasteiger charge is 2.37. The second-order valence-electron chi connectivity index (χ2n) is 7.66. The summed E-state index contributed by atoms with van der Waals surface area (Å²) >= 11 is 0. The zero-order valence-corrected chi connectivity index (χ0v) is 18.0. The minimum atomic E-state index is -0.351. The molecule has 1 saturated heterocycles. The number of ether oxygens (including phenoxy) is 3. The van der Waals surface area contributed by atoms with Gasteiger partial charge in [-0.05, 0) is 55.8 Å². The van der Waals surface area contributed by atoms with Gasteiger partial charge < -0.3 is 24.0 Å². The van der Waals surface area contributed by atoms with Crippen LogP contribution in [0.4, 0.5) is 5.69 Å². The predicted octanol–water partition coefficient (Wildman–Crippen LogP) is 3.26. The molecule has 2 aliphatic heterocycles. The molecule has 1 fully saturated rings. The van der Waals surface area contributed by atoms with Crippen LogP contribution < -0.4 is 19.1 Å². The Morgan fingerprint density at radius 3 is 2.55 bits per heavy atom. The Balaban J connectivity index is 1.42. The molecule has 2 aliphatic rings. The number of hydrogen-bond acceptors (Lipinski definition) is 5. The van der Waals surface area contributed by atoms with Gasteiger partial charge in [0.15, 0.2) is 11.5 Å². The van der Waals surface area contributed by atoms with E-state index in [-0.39, 0.29) is 24.2 Å². The minimum absolute atomic E-state index is 0.000763. The Hall–Kier alpha value is -3.22. The number of anilines is 1. The summed E-state index contributed by atoms with van der Waals surface area (Å²) in [5.41, 5.74) is 1.77. The molecule has 31 heavy (non-hydrogen) atoms. The van der Waals surface area contributed by atoms with Crippen LogP contribution in [0.25, 0.3) is 0 Å². The van der Waals surface area contributed by atoms with Crippen LogP contribution in [-0.4, -0.2) is 49.6 Å². The summed E-state index contributed by atoms with van der Waals surface area (Å²) in [4.78, 5) is 29.3. The molecule has 0 bridgehead atoms. The Bertz CT molecular complexity index is 943. The van der Waals surface area contributed by atoms with Gasteiger partial charge in [-0.1, -0.05) is 6.07 Å². The van der Waals surface area contributed by atoms with Crippen molar-refractivity contribution in [1.82, 2.24) is 4.90 Å². The Labute approximate surface area is 182 Å². The molecule has 0 radical (unpaired) electrons. The van der Waals surface area contributed by atoms with Gasteiger partial charge in [0.1, 0.15) is 19.0 Å². The number of nitrogens with zero attached hydrogens (tertiary/aromatic N) is 2. The van der Waals surface area contributed by atoms with Crippen molar-refractivity contribution in [3.05, 3.63) is 48.0 Å². The van der Waals surface area contributed by atoms with E-state index < -0.39 is 0 Å². The maximum atomic E-state index is 13.2. The first-order chi connectivity index (χ1) is 15.1. The summed E-state index contributed by atoms with van der Waals surface area (Å²) in [6.07, 6.45) is 0.226. The van der Waals surface area contributed by atoms with Crippen molar-refractivity contribution in [3.8, 4) is 17.2 Å². The number of carbonyl (C=O) groups excluding carboxylic acids is 2. The normalized spacial score (nSPS) is 17.5. The van der Waals surface area contributed by atoms with Crippen molar-refractivity contribution < 1.29 is 23.8 Å². The fraction of sp³-hybridized carbons (Fsp3) is 0.417. The molecular formula is C24H28N2O5. The average molecular weight is 424 g/mol. The van der Waals surface area contributed by atoms with Crippen LogP contribution in [0.3, 0.4) is 0 Å². The van der Waals surface area contributed by atoms with Gasteiger partial charge in [0.2, 0.25) is 11.8 Å². The molecule has 7 heteroatoms. The van der Waals surface area contributed by atoms with Gasteiger partial charge in [-0.2, -0.15) is 0 Å². The van der Waals surface area contributed by atoms with Crippen molar-refractivity contribution in [2.45, 2.75) is 26.8 Å². The van der Waals surface area contributed by atoms with E-state index in [4.69, 9.17) is 14.2 Å². The van der Waals surface area contributed by atoms with Crippen LogP contribution in [0.15, 0.2) is 42.5 Å². The van der Waals surface area contributed by atoms with E-state index in [0.717, 1.165) is 22.7 Å². The molecule has 164 valence electrons. The molecule has 0 saturated carbocycles. The van der Waals surface area contributed by atoms with E-state index in [2.05, 4.69) is 0 Å². The Morgan fingerprint density at radius 2 is 1.84 bits per heavy atom. The van der Waals surface area contributed by atoms with Crippen molar-refractivity contribution in [3.63, 3.8) is 0 Å². The third-order valence-electron chi connectivity index (χ3n) is 5.61. The number of hydrogen-bond donors (Lipinski definition) is 0. The molecule has 7 nitrogen and oxygen atoms in total. The Morgan fingerprint density at radius 1 is 1.10 bits per heavy atom. The topological polar surface area (TPSA) is 68.3 Å². The number of benzene rings is 2. The van der Waals surface area contributed by atoms with Gasteiger partial charge in [0, 0.05) is 31.7 Å². The lowest BCUT2D eigenvalue weighted by Crippen LogP contribution is -2.37. The van der Waals surface area contributed by atoms with Gasteiger partial charge >= 0.3 is 0 Å². The molecule has 1 unspecified atom stereocenters. The van der Waals surface area contributed by atoms with Crippen LogP contribution in [0.5, 0.6) is 17.2 Å². The predicted molar refractivity (Wildman–Crippen MR) is 117 cm³/mol. The number of carbonyl (C=O) groups is 2. The summed E-state index contributed by atoms with van der Waals surface area (Å²) in [6, 6.07) is 13.2. The summed E-state index contributed by atoms with van der Waals surface area (Å²) in [7, 11) is 0. The zero-order chi connectivity index (χ0) is 21.8. The molecule has 0 aliphatic carbocycles. The third kappa shape index (κ3) is 4.60. The van der Waals surface area contributed by atoms with E-state index in [0.29, 0.717) is 45.2 Å². The lowest BCUT2D eigenvalue weighted by atomic mass is 10.1. The van der Waals surface area contributed by atoms with Crippen LogP contribution >= 0.6 is 0 Å². The van der Waals surface area contributed by atoms with Gasteiger partial charge in [0.05, 0.1) is 12.5 Å². The quantitative estimate of drug-likeness (QED) is 0.683. The molecule has 2 heterocycles. The fourth-order valence-electron chi connectivity index (χ4n) is 4.02. The summed E-state index contributed by atoms with van der Waals surface area (Å²) in [5.74, 6) is 1.83. The second kappa shape index (κ2) is 9.29. The summed E-state index contributed by atoms with van der Waals surface area (Å²) < 4.78 is 16.7. The van der Waals surface area contributed by atoms with Crippen molar-refractivity contribution in [2.75, 3.05) is 37.8 Å². The van der Waals surface area contributed by atoms with Crippen LogP contribution in [0.1, 0.15) is 25.8 Å². The van der Waals surface area contributed by atoms with Gasteiger partial charge in [-0.3, -0.25) is 9.59 Å². The molecule has 2 aromatic carbocycles. The van der Waals surface area contributed by atoms with E-state index in [1.165, 1.54) is 0 Å². The third-order valence-corrected chi connectivity index (χ3v) is 5.61. The molecule has 0 N–H and O–H groups in total. The summed E-state index contributed by atoms with van der Waals surface area (Å²) in [5, 5.41) is 0. The molecule has 0 aromatic heterocycles. The molecular weight excluding hydrogens is 396 g/mol. The van der Waals surface area contributed by atoms with Crippen molar-refractivity contribution in [2.24, 2.45) is 5.92 Å². The molecule has 1 atom stereocenters. The average Bonchev–Trinajstić information content (AvgIpc) is 3.19. The molecule has 2 amide bonds. The minimum Gasteiger partial charge on any atom is -0.494 e. The molecule has 2 aromatic rings. The maximum Gasteiger partial charge on any atom is 0.228 e. The van der Waals surface area contributed by atoms with E-state index in [1.54, 1.807) is 9.80 Å². The largest absolute Gasteiger partial charge is 0.494 e. The number of amides is 2. The van der Waals surface area contributed by atoms with E-state index >= 15 is 0 Å². The smallest absolute Gasteiger partial charge is 0.228 e. The highest BCUT2D eigenvalue weighted by Crippen LogP contribution is 2.32. The maximum absolute atomic E-state index is 13.2. The molecule has 4 rings (SSSR count). The Kier molecular flexibility index (Phi) is 6.30. The van der Waals surface area contributed by atoms with Gasteiger partial charge in [-0.15, -0.1) is 0 Å². The first-order valence-corrected chi connectivity index (χ1v) is 10.8. The molecule has 0 spiro atoms. The number of rotatable bonds is 7. The summed E-state index contributed by atoms with van der Waals surface area (Å²) in [6.45, 7) is 6.99. The van der Waals surface area contributed by atoms with Crippen LogP contribution in [0.2, 0.25) is 0 Å². The second-order valence-corrected chi connectivity index (χ2v) is 7.66. The van der Waals surface area contributed by atoms with Crippen LogP contribution in [-0.2, 0) is 16.1 Å².